The summed E-state index contributed by atoms with van der Waals surface area (Å²) in [6, 6.07) is 16.0. The number of nitrogens with zero attached hydrogens (tertiary/aromatic N) is 5. The van der Waals surface area contributed by atoms with E-state index >= 15 is 0 Å². The molecule has 20 N–H and O–H groups in total. The number of carbonyl (C=O) groups excluding carboxylic acids is 12. The molecule has 148 heavy (non-hydrogen) atoms. The summed E-state index contributed by atoms with van der Waals surface area (Å²) in [7, 11) is -4.54. The number of aryl methyl sites for hydroxylation is 1. The quantitative estimate of drug-likeness (QED) is 0.00504. The minimum absolute atomic E-state index is 0.00317. The molecule has 0 spiro atoms. The van der Waals surface area contributed by atoms with Crippen LogP contribution in [0.1, 0.15) is 153 Å². The van der Waals surface area contributed by atoms with Crippen LogP contribution in [0.25, 0.3) is 10.9 Å². The highest BCUT2D eigenvalue weighted by Crippen LogP contribution is 2.40. The Morgan fingerprint density at radius 2 is 1.29 bits per heavy atom. The van der Waals surface area contributed by atoms with Crippen molar-refractivity contribution in [1.29, 1.82) is 5.41 Å². The van der Waals surface area contributed by atoms with Crippen LogP contribution in [0, 0.1) is 33.3 Å². The van der Waals surface area contributed by atoms with Gasteiger partial charge in [0.15, 0.2) is 5.96 Å². The van der Waals surface area contributed by atoms with Crippen LogP contribution in [-0.2, 0) is 126 Å². The van der Waals surface area contributed by atoms with E-state index in [4.69, 9.17) is 58.8 Å². The van der Waals surface area contributed by atoms with E-state index in [2.05, 4.69) is 64.2 Å². The SMILES string of the molecule is CC(=O)NC(CC(=O)N(CCCP(=O)(O)O)CCOCCOCCNC(=O)CCOc1ccc(C2(CNC(=O)C(C)(Cc3c[nH]c4ccccc34)NC(=O)Nc3ccc([N+](=O)[O-])cc3)CCCCC2)nc1)C(=O)N(CCOCCOCCOCCNC(=O)C(Cc1cccc2c1CCCC2)NC(=O)C(CC(C)C)C(C)C(=O)NO)CCOCCOCCOCC(=O)NC(CO)C(=O)NC(C)C(=O)NC1CCCN(C(=N)N)C1O. The molecule has 0 radical (unpaired) electrons. The standard InChI is InChI=1S/C99H150N19O29P/c1-66(2)57-78(67(3)88(124)114-133)90(126)112-81(58-71-19-14-18-70-17-8-9-20-76(70)71)91(127)103-34-42-140-47-51-144-52-49-142-44-38-116(39-45-143-50-53-145-54-55-146-64-86(122)110-83(63-119)92(128)107-68(4)89(125)111-80-23-15-36-117(94(80)130)96(100)101)93(129)82(108-69(5)120)59-87(123)115(35-16-56-148(136,137)138)37-43-141-48-46-139-41-33-102-85(121)30-40-147-75-28-29-84(105-62-75)99(31-12-7-13-32-99)65-106-95(131)98(6,60-72-61-104-79-22-11-10-21-77(72)79)113-97(132)109-73-24-26-74(27-25-73)118(134)135/h10-11,14,18-19,21-22,24-29,61-62,66-68,78,80-83,94,104,119,130,133H,7-9,12-13,15-17,20,23,30-60,63-65H2,1-6H3,(H3,100,101)(H,102,121)(H,103,127)(H,106,131)(H,107,128)(H,108,120)(H,110,122)(H,111,125)(H,112,126)(H,114,124)(H2,109,113,132)(H2,136,137,138). The van der Waals surface area contributed by atoms with Crippen molar-refractivity contribution in [2.24, 2.45) is 23.5 Å². The van der Waals surface area contributed by atoms with Gasteiger partial charge >= 0.3 is 13.6 Å². The first-order chi connectivity index (χ1) is 70.9. The molecule has 13 amide bonds. The predicted molar refractivity (Wildman–Crippen MR) is 540 cm³/mol. The Bertz CT molecular complexity index is 5130. The van der Waals surface area contributed by atoms with Crippen molar-refractivity contribution >= 4 is 107 Å². The second-order valence-corrected chi connectivity index (χ2v) is 39.2. The normalized spacial score (nSPS) is 16.1. The molecule has 820 valence electrons. The fourth-order valence-electron chi connectivity index (χ4n) is 17.6. The number of anilines is 1. The summed E-state index contributed by atoms with van der Waals surface area (Å²) in [4.78, 5) is 204. The molecule has 2 aliphatic carbocycles. The lowest BCUT2D eigenvalue weighted by Gasteiger charge is -2.38. The number of aliphatic hydroxyl groups is 2. The van der Waals surface area contributed by atoms with E-state index < -0.39 is 163 Å². The first-order valence-electron chi connectivity index (χ1n) is 50.3. The summed E-state index contributed by atoms with van der Waals surface area (Å²) in [5.41, 5.74) is 11.0. The van der Waals surface area contributed by atoms with E-state index in [-0.39, 0.29) is 206 Å². The van der Waals surface area contributed by atoms with E-state index in [0.717, 1.165) is 98.0 Å². The third-order valence-corrected chi connectivity index (χ3v) is 26.5. The van der Waals surface area contributed by atoms with Gasteiger partial charge in [-0.2, -0.15) is 0 Å². The van der Waals surface area contributed by atoms with E-state index in [1.807, 2.05) is 56.3 Å². The minimum atomic E-state index is -4.54. The molecule has 3 heterocycles. The molecule has 9 atom stereocenters. The number of carbonyl (C=O) groups is 12. The predicted octanol–water partition coefficient (Wildman–Crippen LogP) is 2.05. The van der Waals surface area contributed by atoms with Crippen molar-refractivity contribution in [3.63, 3.8) is 0 Å². The molecule has 9 unspecified atom stereocenters. The molecule has 2 aromatic heterocycles. The second-order valence-electron chi connectivity index (χ2n) is 37.4. The van der Waals surface area contributed by atoms with E-state index in [0.29, 0.717) is 31.6 Å². The Balaban J connectivity index is 0.779. The molecular formula is C99H150N19O29P. The largest absolute Gasteiger partial charge is 0.491 e. The lowest BCUT2D eigenvalue weighted by atomic mass is 9.71. The van der Waals surface area contributed by atoms with Gasteiger partial charge in [0.2, 0.25) is 65.0 Å². The van der Waals surface area contributed by atoms with Crippen LogP contribution in [0.2, 0.25) is 0 Å². The number of aromatic nitrogens is 2. The highest BCUT2D eigenvalue weighted by atomic mass is 31.2. The number of pyridine rings is 1. The molecule has 48 nitrogen and oxygen atoms in total. The highest BCUT2D eigenvalue weighted by molar-refractivity contribution is 7.51. The van der Waals surface area contributed by atoms with E-state index in [1.54, 1.807) is 37.8 Å². The smallest absolute Gasteiger partial charge is 0.325 e. The number of hydrogen-bond donors (Lipinski definition) is 19. The van der Waals surface area contributed by atoms with Crippen LogP contribution in [0.3, 0.4) is 0 Å². The van der Waals surface area contributed by atoms with Crippen molar-refractivity contribution in [2.75, 3.05) is 183 Å². The number of ether oxygens (including phenoxy) is 9. The Labute approximate surface area is 860 Å². The monoisotopic (exact) mass is 2100 g/mol. The lowest BCUT2D eigenvalue weighted by molar-refractivity contribution is -0.384. The van der Waals surface area contributed by atoms with Crippen molar-refractivity contribution in [2.45, 2.75) is 198 Å². The fourth-order valence-corrected chi connectivity index (χ4v) is 18.2. The zero-order chi connectivity index (χ0) is 108. The van der Waals surface area contributed by atoms with Gasteiger partial charge in [-0.1, -0.05) is 76.4 Å². The minimum Gasteiger partial charge on any atom is -0.491 e. The Morgan fingerprint density at radius 3 is 1.91 bits per heavy atom. The lowest BCUT2D eigenvalue weighted by Crippen LogP contribution is -2.61. The van der Waals surface area contributed by atoms with Gasteiger partial charge < -0.3 is 141 Å². The summed E-state index contributed by atoms with van der Waals surface area (Å²) in [6.45, 7) is 8.63. The first-order valence-corrected chi connectivity index (χ1v) is 52.1. The molecule has 49 heteroatoms. The maximum Gasteiger partial charge on any atom is 0.325 e. The molecule has 2 fully saturated rings. The number of nitrogens with one attached hydrogen (secondary N) is 13. The van der Waals surface area contributed by atoms with Crippen molar-refractivity contribution in [1.82, 2.24) is 78.0 Å². The zero-order valence-corrected chi connectivity index (χ0v) is 86.2. The van der Waals surface area contributed by atoms with Crippen LogP contribution < -0.4 is 69.1 Å². The van der Waals surface area contributed by atoms with Gasteiger partial charge in [0, 0.05) is 130 Å². The number of hydrogen-bond acceptors (Lipinski definition) is 29. The Hall–Kier alpha value is -12.0. The van der Waals surface area contributed by atoms with Crippen LogP contribution in [-0.4, -0.2) is 351 Å². The van der Waals surface area contributed by atoms with Gasteiger partial charge in [-0.3, -0.25) is 83.0 Å². The van der Waals surface area contributed by atoms with Crippen LogP contribution >= 0.6 is 7.60 Å². The molecule has 1 saturated heterocycles. The number of piperidine rings is 1. The maximum absolute atomic E-state index is 14.7. The number of aliphatic hydroxyl groups excluding tert-OH is 2. The van der Waals surface area contributed by atoms with Crippen LogP contribution in [0.4, 0.5) is 16.2 Å². The van der Waals surface area contributed by atoms with Gasteiger partial charge in [0.05, 0.1) is 148 Å². The number of likely N-dealkylation sites (tertiary alicyclic amines) is 1. The number of guanidine groups is 1. The van der Waals surface area contributed by atoms with Crippen molar-refractivity contribution in [3.8, 4) is 5.75 Å². The third kappa shape index (κ3) is 41.8. The molecule has 8 rings (SSSR count). The van der Waals surface area contributed by atoms with E-state index in [9.17, 15) is 97.4 Å². The molecule has 0 bridgehead atoms. The van der Waals surface area contributed by atoms with Gasteiger partial charge in [-0.15, -0.1) is 0 Å². The van der Waals surface area contributed by atoms with Crippen LogP contribution in [0.5, 0.6) is 5.75 Å². The number of non-ortho nitro benzene ring substituents is 1. The number of nitro groups is 1. The topological polar surface area (TPSA) is 670 Å². The number of rotatable bonds is 68. The van der Waals surface area contributed by atoms with Gasteiger partial charge in [0.1, 0.15) is 48.3 Å². The summed E-state index contributed by atoms with van der Waals surface area (Å²) < 4.78 is 63.7. The number of benzene rings is 3. The maximum atomic E-state index is 14.7. The molecular weight excluding hydrogens is 1950 g/mol. The van der Waals surface area contributed by atoms with E-state index in [1.165, 1.54) is 51.5 Å². The van der Waals surface area contributed by atoms with Crippen molar-refractivity contribution in [3.05, 3.63) is 129 Å². The number of nitrogens with two attached hydrogens (primary N) is 1. The molecule has 3 aromatic carbocycles. The van der Waals surface area contributed by atoms with Gasteiger partial charge in [0.25, 0.3) is 5.69 Å². The van der Waals surface area contributed by atoms with Crippen molar-refractivity contribution < 1.29 is 135 Å². The van der Waals surface area contributed by atoms with Gasteiger partial charge in [-0.05, 0) is 137 Å². The number of fused-ring (bicyclic) bond motifs is 2. The molecule has 1 aliphatic heterocycles. The number of urea groups is 1. The zero-order valence-electron chi connectivity index (χ0n) is 85.3. The number of hydroxylamine groups is 1. The number of nitro benzene ring substituents is 1. The molecule has 3 aliphatic rings. The summed E-state index contributed by atoms with van der Waals surface area (Å²) in [6.07, 6.45) is 10.3. The first kappa shape index (κ1) is 121. The second kappa shape index (κ2) is 63.7. The van der Waals surface area contributed by atoms with Gasteiger partial charge in [-0.25, -0.2) is 10.3 Å². The summed E-state index contributed by atoms with van der Waals surface area (Å²) in [5, 5.41) is 77.1. The number of amides is 13. The summed E-state index contributed by atoms with van der Waals surface area (Å²) in [5.74, 6) is -8.48. The Kier molecular flexibility index (Phi) is 52.2. The van der Waals surface area contributed by atoms with Crippen LogP contribution in [0.15, 0.2) is 91.3 Å². The average Bonchev–Trinajstić information content (AvgIpc) is 1.44. The highest BCUT2D eigenvalue weighted by Gasteiger charge is 2.43. The summed E-state index contributed by atoms with van der Waals surface area (Å²) >= 11 is 0. The number of H-pyrrole nitrogens is 1. The average molecular weight is 2100 g/mol. The molecule has 1 saturated carbocycles. The number of para-hydroxylation sites is 1. The fraction of sp³-hybridized carbons (Fsp3) is 0.616. The molecule has 5 aromatic rings. The Morgan fingerprint density at radius 1 is 0.662 bits per heavy atom. The number of aromatic amines is 1. The third-order valence-electron chi connectivity index (χ3n) is 25.6.